The van der Waals surface area contributed by atoms with Crippen LogP contribution in [-0.4, -0.2) is 26.6 Å². The van der Waals surface area contributed by atoms with Crippen LogP contribution in [0.2, 0.25) is 0 Å². The number of hydrogen-bond donors (Lipinski definition) is 2. The molecule has 0 aromatic heterocycles. The van der Waals surface area contributed by atoms with Gasteiger partial charge in [0.2, 0.25) is 15.9 Å². The maximum absolute atomic E-state index is 12.5. The van der Waals surface area contributed by atoms with Gasteiger partial charge in [-0.15, -0.1) is 11.8 Å². The number of carbonyl (C=O) groups excluding carboxylic acids is 1. The van der Waals surface area contributed by atoms with Crippen LogP contribution < -0.4 is 10.0 Å². The van der Waals surface area contributed by atoms with Gasteiger partial charge in [0.15, 0.2) is 0 Å². The second kappa shape index (κ2) is 7.59. The molecular formula is C18H20N2O3S2. The molecule has 1 heterocycles. The Bertz CT molecular complexity index is 867. The number of benzene rings is 2. The third-order valence-electron chi connectivity index (χ3n) is 4.00. The number of anilines is 1. The van der Waals surface area contributed by atoms with E-state index in [0.717, 1.165) is 10.5 Å². The summed E-state index contributed by atoms with van der Waals surface area (Å²) in [5, 5.41) is 2.81. The Balaban J connectivity index is 1.72. The fourth-order valence-electron chi connectivity index (χ4n) is 2.50. The van der Waals surface area contributed by atoms with Gasteiger partial charge in [0, 0.05) is 23.1 Å². The largest absolute Gasteiger partial charge is 0.325 e. The van der Waals surface area contributed by atoms with E-state index in [1.54, 1.807) is 23.9 Å². The highest BCUT2D eigenvalue weighted by Crippen LogP contribution is 2.34. The summed E-state index contributed by atoms with van der Waals surface area (Å²) in [6.07, 6.45) is 0.620. The summed E-state index contributed by atoms with van der Waals surface area (Å²) >= 11 is 1.56. The summed E-state index contributed by atoms with van der Waals surface area (Å²) in [6.45, 7) is 2.18. The lowest BCUT2D eigenvalue weighted by molar-refractivity contribution is -0.118. The van der Waals surface area contributed by atoms with Crippen molar-refractivity contribution in [2.24, 2.45) is 5.92 Å². The van der Waals surface area contributed by atoms with Crippen LogP contribution in [0.1, 0.15) is 12.5 Å². The van der Waals surface area contributed by atoms with Gasteiger partial charge in [-0.2, -0.15) is 0 Å². The van der Waals surface area contributed by atoms with Crippen molar-refractivity contribution in [2.45, 2.75) is 23.1 Å². The van der Waals surface area contributed by atoms with Crippen molar-refractivity contribution in [1.82, 2.24) is 4.72 Å². The molecule has 2 aromatic carbocycles. The van der Waals surface area contributed by atoms with Crippen molar-refractivity contribution in [3.8, 4) is 0 Å². The average molecular weight is 377 g/mol. The van der Waals surface area contributed by atoms with Gasteiger partial charge in [-0.1, -0.05) is 37.3 Å². The van der Waals surface area contributed by atoms with Gasteiger partial charge in [-0.25, -0.2) is 13.1 Å². The number of carbonyl (C=O) groups is 1. The van der Waals surface area contributed by atoms with Crippen LogP contribution in [0.3, 0.4) is 0 Å². The molecule has 0 aliphatic carbocycles. The summed E-state index contributed by atoms with van der Waals surface area (Å²) in [7, 11) is -3.62. The maximum Gasteiger partial charge on any atom is 0.240 e. The van der Waals surface area contributed by atoms with E-state index in [0.29, 0.717) is 24.4 Å². The number of rotatable bonds is 5. The standard InChI is InChI=1S/C18H20N2O3S2/c1-13-12-24-17-8-7-15(11-16(17)20-18(13)21)25(22,23)19-10-9-14-5-3-2-4-6-14/h2-8,11,13,19H,9-10,12H2,1H3,(H,20,21)/t13-/m0/s1. The molecule has 0 bridgehead atoms. The highest BCUT2D eigenvalue weighted by Gasteiger charge is 2.22. The normalized spacial score (nSPS) is 17.5. The molecule has 5 nitrogen and oxygen atoms in total. The molecule has 0 radical (unpaired) electrons. The molecular weight excluding hydrogens is 356 g/mol. The zero-order chi connectivity index (χ0) is 17.9. The first-order valence-corrected chi connectivity index (χ1v) is 10.5. The fraction of sp³-hybridized carbons (Fsp3) is 0.278. The molecule has 2 N–H and O–H groups in total. The van der Waals surface area contributed by atoms with Gasteiger partial charge in [-0.3, -0.25) is 4.79 Å². The lowest BCUT2D eigenvalue weighted by atomic mass is 10.2. The summed E-state index contributed by atoms with van der Waals surface area (Å²) in [5.74, 6) is 0.486. The van der Waals surface area contributed by atoms with Crippen molar-refractivity contribution in [2.75, 3.05) is 17.6 Å². The number of nitrogens with one attached hydrogen (secondary N) is 2. The first-order valence-electron chi connectivity index (χ1n) is 8.07. The van der Waals surface area contributed by atoms with E-state index in [1.807, 2.05) is 37.3 Å². The summed E-state index contributed by atoms with van der Waals surface area (Å²) in [5.41, 5.74) is 1.63. The number of thioether (sulfide) groups is 1. The number of fused-ring (bicyclic) bond motifs is 1. The lowest BCUT2D eigenvalue weighted by Gasteiger charge is -2.11. The van der Waals surface area contributed by atoms with Crippen molar-refractivity contribution in [1.29, 1.82) is 0 Å². The molecule has 0 fully saturated rings. The fourth-order valence-corrected chi connectivity index (χ4v) is 4.57. The summed E-state index contributed by atoms with van der Waals surface area (Å²) in [4.78, 5) is 13.0. The highest BCUT2D eigenvalue weighted by molar-refractivity contribution is 7.99. The minimum atomic E-state index is -3.62. The highest BCUT2D eigenvalue weighted by atomic mass is 32.2. The van der Waals surface area contributed by atoms with Crippen LogP contribution in [0.25, 0.3) is 0 Å². The molecule has 2 aromatic rings. The van der Waals surface area contributed by atoms with Gasteiger partial charge < -0.3 is 5.32 Å². The van der Waals surface area contributed by atoms with Gasteiger partial charge in [-0.05, 0) is 30.2 Å². The van der Waals surface area contributed by atoms with Crippen LogP contribution >= 0.6 is 11.8 Å². The minimum absolute atomic E-state index is 0.0853. The summed E-state index contributed by atoms with van der Waals surface area (Å²) in [6, 6.07) is 14.6. The van der Waals surface area contributed by atoms with Crippen LogP contribution in [0.5, 0.6) is 0 Å². The van der Waals surface area contributed by atoms with E-state index >= 15 is 0 Å². The van der Waals surface area contributed by atoms with E-state index < -0.39 is 10.0 Å². The van der Waals surface area contributed by atoms with Gasteiger partial charge in [0.05, 0.1) is 10.6 Å². The second-order valence-corrected chi connectivity index (χ2v) is 8.82. The Labute approximate surface area is 152 Å². The van der Waals surface area contributed by atoms with Gasteiger partial charge >= 0.3 is 0 Å². The van der Waals surface area contributed by atoms with E-state index in [2.05, 4.69) is 10.0 Å². The second-order valence-electron chi connectivity index (χ2n) is 5.99. The molecule has 25 heavy (non-hydrogen) atoms. The quantitative estimate of drug-likeness (QED) is 0.841. The van der Waals surface area contributed by atoms with E-state index in [4.69, 9.17) is 0 Å². The molecule has 1 amide bonds. The Morgan fingerprint density at radius 2 is 1.96 bits per heavy atom. The molecule has 132 valence electrons. The number of amides is 1. The van der Waals surface area contributed by atoms with Crippen molar-refractivity contribution in [3.63, 3.8) is 0 Å². The first-order chi connectivity index (χ1) is 12.0. The third-order valence-corrected chi connectivity index (χ3v) is 6.80. The zero-order valence-electron chi connectivity index (χ0n) is 13.9. The molecule has 3 rings (SSSR count). The van der Waals surface area contributed by atoms with Crippen molar-refractivity contribution >= 4 is 33.4 Å². The topological polar surface area (TPSA) is 75.3 Å². The van der Waals surface area contributed by atoms with E-state index in [1.165, 1.54) is 6.07 Å². The summed E-state index contributed by atoms with van der Waals surface area (Å²) < 4.78 is 27.6. The predicted octanol–water partition coefficient (Wildman–Crippen LogP) is 2.89. The average Bonchev–Trinajstić information content (AvgIpc) is 2.74. The molecule has 1 aliphatic rings. The third kappa shape index (κ3) is 4.42. The Hall–Kier alpha value is -1.83. The Morgan fingerprint density at radius 1 is 1.20 bits per heavy atom. The molecule has 1 atom stereocenters. The number of hydrogen-bond acceptors (Lipinski definition) is 4. The van der Waals surface area contributed by atoms with E-state index in [9.17, 15) is 13.2 Å². The van der Waals surface area contributed by atoms with Gasteiger partial charge in [0.25, 0.3) is 0 Å². The minimum Gasteiger partial charge on any atom is -0.325 e. The Morgan fingerprint density at radius 3 is 2.72 bits per heavy atom. The number of sulfonamides is 1. The van der Waals surface area contributed by atoms with Crippen LogP contribution in [0, 0.1) is 5.92 Å². The monoisotopic (exact) mass is 376 g/mol. The molecule has 0 saturated carbocycles. The van der Waals surface area contributed by atoms with Crippen LogP contribution in [0.4, 0.5) is 5.69 Å². The maximum atomic E-state index is 12.5. The molecule has 0 spiro atoms. The SMILES string of the molecule is C[C@H]1CSc2ccc(S(=O)(=O)NCCc3ccccc3)cc2NC1=O. The molecule has 7 heteroatoms. The molecule has 1 aliphatic heterocycles. The molecule has 0 saturated heterocycles. The smallest absolute Gasteiger partial charge is 0.240 e. The first kappa shape index (κ1) is 18.0. The lowest BCUT2D eigenvalue weighted by Crippen LogP contribution is -2.26. The zero-order valence-corrected chi connectivity index (χ0v) is 15.5. The van der Waals surface area contributed by atoms with Crippen molar-refractivity contribution < 1.29 is 13.2 Å². The predicted molar refractivity (Wildman–Crippen MR) is 100 cm³/mol. The van der Waals surface area contributed by atoms with Crippen LogP contribution in [-0.2, 0) is 21.2 Å². The molecule has 0 unspecified atom stereocenters. The van der Waals surface area contributed by atoms with Crippen molar-refractivity contribution in [3.05, 3.63) is 54.1 Å². The Kier molecular flexibility index (Phi) is 5.46. The van der Waals surface area contributed by atoms with Crippen LogP contribution in [0.15, 0.2) is 58.3 Å². The van der Waals surface area contributed by atoms with E-state index in [-0.39, 0.29) is 16.7 Å². The van der Waals surface area contributed by atoms with Gasteiger partial charge in [0.1, 0.15) is 0 Å².